The second-order valence-electron chi connectivity index (χ2n) is 9.38. The second-order valence-corrected chi connectivity index (χ2v) is 9.38. The molecule has 1 saturated heterocycles. The average Bonchev–Trinajstić information content (AvgIpc) is 3.37. The standard InChI is InChI=1S/C21H26N2O4/c1-26-15-5-4-13-10-16-21(22)7-6-14(24)19-20(21,17(13)18(15)27-19)8-9-23(16,25)11-12-2-3-12/h4-5,12,16,19H,2-3,6-11,22H2,1H3/t16-,19+,20?,21-,23?/m1/s1. The van der Waals surface area contributed by atoms with E-state index in [1.165, 1.54) is 12.8 Å². The molecule has 3 aliphatic carbocycles. The monoisotopic (exact) mass is 370 g/mol. The van der Waals surface area contributed by atoms with Crippen LogP contribution in [-0.2, 0) is 16.6 Å². The van der Waals surface area contributed by atoms with Gasteiger partial charge in [0.2, 0.25) is 0 Å². The van der Waals surface area contributed by atoms with Gasteiger partial charge >= 0.3 is 0 Å². The largest absolute Gasteiger partial charge is 0.633 e. The van der Waals surface area contributed by atoms with Gasteiger partial charge < -0.3 is 25.1 Å². The van der Waals surface area contributed by atoms with E-state index in [0.29, 0.717) is 56.2 Å². The molecular formula is C21H26N2O4. The van der Waals surface area contributed by atoms with Crippen LogP contribution in [0.1, 0.15) is 43.2 Å². The first kappa shape index (κ1) is 16.3. The van der Waals surface area contributed by atoms with Gasteiger partial charge in [0.05, 0.1) is 31.2 Å². The summed E-state index contributed by atoms with van der Waals surface area (Å²) in [5.74, 6) is 2.03. The van der Waals surface area contributed by atoms with Crippen LogP contribution in [0, 0.1) is 11.1 Å². The molecule has 2 bridgehead atoms. The van der Waals surface area contributed by atoms with E-state index in [1.807, 2.05) is 6.07 Å². The Bertz CT molecular complexity index is 868. The normalized spacial score (nSPS) is 43.9. The zero-order valence-corrected chi connectivity index (χ0v) is 15.7. The maximum Gasteiger partial charge on any atom is 0.174 e. The van der Waals surface area contributed by atoms with E-state index in [2.05, 4.69) is 6.07 Å². The minimum Gasteiger partial charge on any atom is -0.633 e. The lowest BCUT2D eigenvalue weighted by Gasteiger charge is -2.68. The molecule has 3 fully saturated rings. The molecule has 27 heavy (non-hydrogen) atoms. The number of carbonyl (C=O) groups excluding carboxylic acids is 1. The van der Waals surface area contributed by atoms with Gasteiger partial charge in [0.15, 0.2) is 23.4 Å². The molecule has 2 heterocycles. The van der Waals surface area contributed by atoms with Crippen molar-refractivity contribution in [1.82, 2.24) is 0 Å². The van der Waals surface area contributed by atoms with Gasteiger partial charge in [-0.15, -0.1) is 0 Å². The van der Waals surface area contributed by atoms with Crippen molar-refractivity contribution < 1.29 is 18.9 Å². The molecule has 6 heteroatoms. The maximum absolute atomic E-state index is 14.0. The third-order valence-corrected chi connectivity index (χ3v) is 8.19. The zero-order valence-electron chi connectivity index (χ0n) is 15.7. The van der Waals surface area contributed by atoms with Gasteiger partial charge in [-0.1, -0.05) is 6.07 Å². The first-order valence-corrected chi connectivity index (χ1v) is 10.2. The fourth-order valence-electron chi connectivity index (χ4n) is 6.80. The number of quaternary nitrogens is 1. The fraction of sp³-hybridized carbons (Fsp3) is 0.667. The maximum atomic E-state index is 14.0. The van der Waals surface area contributed by atoms with Crippen LogP contribution in [0.25, 0.3) is 0 Å². The van der Waals surface area contributed by atoms with Crippen molar-refractivity contribution in [1.29, 1.82) is 0 Å². The van der Waals surface area contributed by atoms with E-state index in [0.717, 1.165) is 11.1 Å². The number of hydrogen-bond donors (Lipinski definition) is 1. The van der Waals surface area contributed by atoms with Gasteiger partial charge in [-0.25, -0.2) is 0 Å². The van der Waals surface area contributed by atoms with Crippen molar-refractivity contribution in [3.8, 4) is 11.5 Å². The minimum absolute atomic E-state index is 0.119. The highest BCUT2D eigenvalue weighted by molar-refractivity contribution is 5.90. The first-order chi connectivity index (χ1) is 12.9. The van der Waals surface area contributed by atoms with E-state index in [4.69, 9.17) is 15.2 Å². The molecule has 5 atom stereocenters. The molecule has 1 aromatic rings. The van der Waals surface area contributed by atoms with Crippen molar-refractivity contribution in [3.63, 3.8) is 0 Å². The summed E-state index contributed by atoms with van der Waals surface area (Å²) in [5.41, 5.74) is 8.12. The third kappa shape index (κ3) is 1.75. The zero-order chi connectivity index (χ0) is 18.6. The summed E-state index contributed by atoms with van der Waals surface area (Å²) in [5, 5.41) is 14.0. The van der Waals surface area contributed by atoms with Crippen LogP contribution in [-0.4, -0.2) is 48.3 Å². The van der Waals surface area contributed by atoms with E-state index >= 15 is 0 Å². The van der Waals surface area contributed by atoms with E-state index in [-0.39, 0.29) is 16.5 Å². The summed E-state index contributed by atoms with van der Waals surface area (Å²) in [4.78, 5) is 12.9. The Hall–Kier alpha value is -1.63. The summed E-state index contributed by atoms with van der Waals surface area (Å²) < 4.78 is 11.6. The Morgan fingerprint density at radius 2 is 2.19 bits per heavy atom. The molecule has 0 amide bonds. The lowest BCUT2D eigenvalue weighted by atomic mass is 9.47. The highest BCUT2D eigenvalue weighted by Crippen LogP contribution is 2.65. The van der Waals surface area contributed by atoms with Crippen molar-refractivity contribution in [2.45, 2.75) is 61.6 Å². The molecule has 5 aliphatic rings. The Balaban J connectivity index is 1.59. The third-order valence-electron chi connectivity index (χ3n) is 8.19. The van der Waals surface area contributed by atoms with Gasteiger partial charge in [0.1, 0.15) is 6.04 Å². The first-order valence-electron chi connectivity index (χ1n) is 10.2. The SMILES string of the molecule is COc1ccc2c3c1O[C@H]1C(=O)CC[C@@]4(N)[C@@H](C2)[N+]([O-])(CC2CC2)CCC314. The summed E-state index contributed by atoms with van der Waals surface area (Å²) in [7, 11) is 1.63. The van der Waals surface area contributed by atoms with Crippen LogP contribution in [0.15, 0.2) is 12.1 Å². The fourth-order valence-corrected chi connectivity index (χ4v) is 6.80. The van der Waals surface area contributed by atoms with Crippen LogP contribution in [0.4, 0.5) is 0 Å². The van der Waals surface area contributed by atoms with Crippen LogP contribution < -0.4 is 15.2 Å². The lowest BCUT2D eigenvalue weighted by molar-refractivity contribution is -0.919. The van der Waals surface area contributed by atoms with Gasteiger partial charge in [-0.3, -0.25) is 4.79 Å². The van der Waals surface area contributed by atoms with Crippen molar-refractivity contribution in [2.75, 3.05) is 20.2 Å². The second kappa shape index (κ2) is 4.85. The molecule has 0 radical (unpaired) electrons. The molecule has 2 N–H and O–H groups in total. The van der Waals surface area contributed by atoms with Crippen LogP contribution in [0.2, 0.25) is 0 Å². The van der Waals surface area contributed by atoms with E-state index in [9.17, 15) is 10.0 Å². The van der Waals surface area contributed by atoms with Crippen LogP contribution in [0.3, 0.4) is 0 Å². The van der Waals surface area contributed by atoms with Gasteiger partial charge in [-0.05, 0) is 30.9 Å². The molecule has 0 aromatic heterocycles. The number of hydrogen-bond acceptors (Lipinski definition) is 5. The highest BCUT2D eigenvalue weighted by Gasteiger charge is 2.75. The summed E-state index contributed by atoms with van der Waals surface area (Å²) in [6.07, 6.45) is 4.04. The quantitative estimate of drug-likeness (QED) is 0.648. The average molecular weight is 370 g/mol. The van der Waals surface area contributed by atoms with Gasteiger partial charge in [0, 0.05) is 30.7 Å². The number of piperidine rings is 1. The molecule has 6 rings (SSSR count). The number of ketones is 1. The smallest absolute Gasteiger partial charge is 0.174 e. The van der Waals surface area contributed by atoms with Gasteiger partial charge in [0.25, 0.3) is 0 Å². The van der Waals surface area contributed by atoms with Crippen LogP contribution in [0.5, 0.6) is 11.5 Å². The molecule has 2 saturated carbocycles. The Labute approximate surface area is 158 Å². The number of likely N-dealkylation sites (tertiary alicyclic amines) is 1. The number of nitrogens with two attached hydrogens (primary N) is 1. The topological polar surface area (TPSA) is 84.6 Å². The number of Topliss-reactive ketones (excluding diaryl/α,β-unsaturated/α-hetero) is 1. The van der Waals surface area contributed by atoms with Crippen molar-refractivity contribution in [2.24, 2.45) is 11.7 Å². The number of benzene rings is 1. The molecular weight excluding hydrogens is 344 g/mol. The predicted octanol–water partition coefficient (Wildman–Crippen LogP) is 1.81. The summed E-state index contributed by atoms with van der Waals surface area (Å²) in [6.45, 7) is 1.21. The predicted molar refractivity (Wildman–Crippen MR) is 98.4 cm³/mol. The van der Waals surface area contributed by atoms with Crippen LogP contribution >= 0.6 is 0 Å². The minimum atomic E-state index is -0.689. The summed E-state index contributed by atoms with van der Waals surface area (Å²) >= 11 is 0. The number of hydroxylamine groups is 3. The number of methoxy groups -OCH3 is 1. The Kier molecular flexibility index (Phi) is 2.94. The van der Waals surface area contributed by atoms with E-state index < -0.39 is 17.1 Å². The molecule has 2 aliphatic heterocycles. The molecule has 1 aromatic carbocycles. The molecule has 6 nitrogen and oxygen atoms in total. The highest BCUT2D eigenvalue weighted by atomic mass is 16.6. The number of rotatable bonds is 3. The molecule has 144 valence electrons. The number of nitrogens with zero attached hydrogens (tertiary/aromatic N) is 1. The molecule has 2 unspecified atom stereocenters. The Morgan fingerprint density at radius 3 is 2.93 bits per heavy atom. The summed E-state index contributed by atoms with van der Waals surface area (Å²) in [6, 6.07) is 3.77. The van der Waals surface area contributed by atoms with Crippen molar-refractivity contribution >= 4 is 5.78 Å². The Morgan fingerprint density at radius 1 is 1.37 bits per heavy atom. The van der Waals surface area contributed by atoms with E-state index in [1.54, 1.807) is 7.11 Å². The molecule has 1 spiro atoms. The van der Waals surface area contributed by atoms with Crippen molar-refractivity contribution in [3.05, 3.63) is 28.5 Å². The number of ether oxygens (including phenoxy) is 2. The van der Waals surface area contributed by atoms with Gasteiger partial charge in [-0.2, -0.15) is 0 Å². The lowest BCUT2D eigenvalue weighted by Crippen LogP contribution is -2.83. The number of carbonyl (C=O) groups is 1.